The maximum absolute atomic E-state index is 13.3. The molecule has 4 nitrogen and oxygen atoms in total. The Balaban J connectivity index is 2.37. The minimum atomic E-state index is -0.941. The summed E-state index contributed by atoms with van der Waals surface area (Å²) in [6, 6.07) is 1.79. The third-order valence-electron chi connectivity index (χ3n) is 1.85. The second-order valence-electron chi connectivity index (χ2n) is 2.97. The van der Waals surface area contributed by atoms with Crippen molar-refractivity contribution >= 4 is 6.29 Å². The molecule has 0 aliphatic heterocycles. The van der Waals surface area contributed by atoms with Crippen LogP contribution in [0.1, 0.15) is 10.4 Å². The Hall–Kier alpha value is -2.24. The van der Waals surface area contributed by atoms with Gasteiger partial charge in [0.2, 0.25) is 0 Å². The number of hydrogen-bond donors (Lipinski definition) is 1. The predicted octanol–water partition coefficient (Wildman–Crippen LogP) is 2.29. The van der Waals surface area contributed by atoms with E-state index in [0.29, 0.717) is 6.29 Å². The lowest BCUT2D eigenvalue weighted by molar-refractivity contribution is 0.112. The lowest BCUT2D eigenvalue weighted by Crippen LogP contribution is -1.94. The lowest BCUT2D eigenvalue weighted by atomic mass is 10.2. The van der Waals surface area contributed by atoms with E-state index >= 15 is 0 Å². The van der Waals surface area contributed by atoms with E-state index in [2.05, 4.69) is 10.2 Å². The van der Waals surface area contributed by atoms with Crippen molar-refractivity contribution in [2.24, 2.45) is 0 Å². The van der Waals surface area contributed by atoms with Crippen molar-refractivity contribution in [2.45, 2.75) is 0 Å². The van der Waals surface area contributed by atoms with Gasteiger partial charge in [-0.2, -0.15) is 5.10 Å². The maximum atomic E-state index is 13.3. The summed E-state index contributed by atoms with van der Waals surface area (Å²) in [5, 5.41) is 6.00. The summed E-state index contributed by atoms with van der Waals surface area (Å²) in [4.78, 5) is 10.4. The highest BCUT2D eigenvalue weighted by molar-refractivity contribution is 5.75. The molecule has 0 spiro atoms. The first kappa shape index (κ1) is 10.3. The smallest absolute Gasteiger partial charge is 0.198 e. The number of aromatic amines is 1. The number of benzene rings is 1. The maximum Gasteiger partial charge on any atom is 0.198 e. The van der Waals surface area contributed by atoms with Gasteiger partial charge in [-0.05, 0) is 12.1 Å². The molecule has 1 aromatic carbocycles. The van der Waals surface area contributed by atoms with Gasteiger partial charge < -0.3 is 4.74 Å². The quantitative estimate of drug-likeness (QED) is 0.814. The highest BCUT2D eigenvalue weighted by atomic mass is 19.1. The fourth-order valence-corrected chi connectivity index (χ4v) is 1.16. The summed E-state index contributed by atoms with van der Waals surface area (Å²) in [5.74, 6) is -2.27. The normalized spacial score (nSPS) is 10.1. The number of aldehydes is 1. The zero-order valence-electron chi connectivity index (χ0n) is 7.91. The van der Waals surface area contributed by atoms with Gasteiger partial charge in [0.25, 0.3) is 0 Å². The monoisotopic (exact) mass is 224 g/mol. The summed E-state index contributed by atoms with van der Waals surface area (Å²) in [7, 11) is 0. The number of H-pyrrole nitrogens is 1. The highest BCUT2D eigenvalue weighted by Crippen LogP contribution is 2.27. The molecular formula is C10H6F2N2O2. The van der Waals surface area contributed by atoms with E-state index in [4.69, 9.17) is 4.74 Å². The van der Waals surface area contributed by atoms with Crippen LogP contribution in [-0.4, -0.2) is 16.5 Å². The Morgan fingerprint density at radius 3 is 2.50 bits per heavy atom. The van der Waals surface area contributed by atoms with Crippen molar-refractivity contribution in [2.75, 3.05) is 0 Å². The number of nitrogens with zero attached hydrogens (tertiary/aromatic N) is 1. The van der Waals surface area contributed by atoms with E-state index in [1.807, 2.05) is 0 Å². The van der Waals surface area contributed by atoms with Gasteiger partial charge in [-0.15, -0.1) is 0 Å². The van der Waals surface area contributed by atoms with E-state index in [-0.39, 0.29) is 11.3 Å². The van der Waals surface area contributed by atoms with Crippen molar-refractivity contribution in [1.29, 1.82) is 0 Å². The first-order chi connectivity index (χ1) is 7.70. The average Bonchev–Trinajstić information content (AvgIpc) is 2.75. The second-order valence-corrected chi connectivity index (χ2v) is 2.97. The molecule has 0 aliphatic rings. The van der Waals surface area contributed by atoms with Crippen LogP contribution >= 0.6 is 0 Å². The standard InChI is InChI=1S/C10H6F2N2O2/c11-8-1-6(5-15)2-9(12)10(8)16-7-3-13-14-4-7/h1-5H,(H,13,14). The topological polar surface area (TPSA) is 55.0 Å². The van der Waals surface area contributed by atoms with Gasteiger partial charge in [-0.3, -0.25) is 9.89 Å². The number of aromatic nitrogens is 2. The van der Waals surface area contributed by atoms with Crippen molar-refractivity contribution in [3.63, 3.8) is 0 Å². The number of rotatable bonds is 3. The molecule has 82 valence electrons. The van der Waals surface area contributed by atoms with E-state index in [9.17, 15) is 13.6 Å². The molecule has 2 aromatic rings. The number of hydrogen-bond acceptors (Lipinski definition) is 3. The molecule has 2 rings (SSSR count). The van der Waals surface area contributed by atoms with E-state index < -0.39 is 17.4 Å². The van der Waals surface area contributed by atoms with Gasteiger partial charge in [0, 0.05) is 5.56 Å². The highest BCUT2D eigenvalue weighted by Gasteiger charge is 2.13. The van der Waals surface area contributed by atoms with E-state index in [1.165, 1.54) is 12.4 Å². The molecule has 1 heterocycles. The zero-order valence-corrected chi connectivity index (χ0v) is 7.91. The van der Waals surface area contributed by atoms with Gasteiger partial charge in [-0.1, -0.05) is 0 Å². The zero-order chi connectivity index (χ0) is 11.5. The van der Waals surface area contributed by atoms with Crippen molar-refractivity contribution in [3.8, 4) is 11.5 Å². The molecule has 0 fully saturated rings. The fraction of sp³-hybridized carbons (Fsp3) is 0. The molecule has 0 saturated carbocycles. The van der Waals surface area contributed by atoms with Crippen LogP contribution in [0, 0.1) is 11.6 Å². The van der Waals surface area contributed by atoms with E-state index in [0.717, 1.165) is 12.1 Å². The van der Waals surface area contributed by atoms with Crippen LogP contribution in [0.3, 0.4) is 0 Å². The van der Waals surface area contributed by atoms with Crippen LogP contribution in [0.4, 0.5) is 8.78 Å². The van der Waals surface area contributed by atoms with Crippen LogP contribution < -0.4 is 4.74 Å². The largest absolute Gasteiger partial charge is 0.448 e. The molecule has 0 unspecified atom stereocenters. The summed E-state index contributed by atoms with van der Waals surface area (Å²) < 4.78 is 31.6. The third kappa shape index (κ3) is 1.90. The average molecular weight is 224 g/mol. The van der Waals surface area contributed by atoms with Gasteiger partial charge in [0.15, 0.2) is 23.1 Å². The number of ether oxygens (including phenoxy) is 1. The Bertz CT molecular complexity index is 489. The van der Waals surface area contributed by atoms with Crippen LogP contribution in [0.2, 0.25) is 0 Å². The minimum absolute atomic E-state index is 0.0884. The SMILES string of the molecule is O=Cc1cc(F)c(Oc2cn[nH]c2)c(F)c1. The minimum Gasteiger partial charge on any atom is -0.448 e. The molecular weight excluding hydrogens is 218 g/mol. The predicted molar refractivity (Wildman–Crippen MR) is 50.4 cm³/mol. The Labute approximate surface area is 88.9 Å². The van der Waals surface area contributed by atoms with Crippen LogP contribution in [0.25, 0.3) is 0 Å². The van der Waals surface area contributed by atoms with Crippen LogP contribution in [-0.2, 0) is 0 Å². The Morgan fingerprint density at radius 2 is 2.00 bits per heavy atom. The van der Waals surface area contributed by atoms with Gasteiger partial charge in [0.05, 0.1) is 12.4 Å². The number of carbonyl (C=O) groups is 1. The summed E-state index contributed by atoms with van der Waals surface area (Å²) >= 11 is 0. The third-order valence-corrected chi connectivity index (χ3v) is 1.85. The first-order valence-corrected chi connectivity index (χ1v) is 4.31. The Kier molecular flexibility index (Phi) is 2.63. The van der Waals surface area contributed by atoms with Crippen LogP contribution in [0.5, 0.6) is 11.5 Å². The van der Waals surface area contributed by atoms with Gasteiger partial charge in [0.1, 0.15) is 6.29 Å². The molecule has 0 amide bonds. The first-order valence-electron chi connectivity index (χ1n) is 4.31. The molecule has 6 heteroatoms. The number of nitrogens with one attached hydrogen (secondary N) is 1. The van der Waals surface area contributed by atoms with Crippen molar-refractivity contribution in [1.82, 2.24) is 10.2 Å². The number of carbonyl (C=O) groups excluding carboxylic acids is 1. The molecule has 0 radical (unpaired) electrons. The summed E-state index contributed by atoms with van der Waals surface area (Å²) in [6.07, 6.45) is 2.97. The molecule has 0 bridgehead atoms. The van der Waals surface area contributed by atoms with Gasteiger partial charge in [-0.25, -0.2) is 8.78 Å². The molecule has 0 aliphatic carbocycles. The molecule has 1 N–H and O–H groups in total. The summed E-state index contributed by atoms with van der Waals surface area (Å²) in [6.45, 7) is 0. The summed E-state index contributed by atoms with van der Waals surface area (Å²) in [5.41, 5.74) is -0.0884. The fourth-order valence-electron chi connectivity index (χ4n) is 1.16. The van der Waals surface area contributed by atoms with E-state index in [1.54, 1.807) is 0 Å². The molecule has 1 aromatic heterocycles. The molecule has 0 atom stereocenters. The van der Waals surface area contributed by atoms with Crippen molar-refractivity contribution < 1.29 is 18.3 Å². The van der Waals surface area contributed by atoms with Gasteiger partial charge >= 0.3 is 0 Å². The molecule has 16 heavy (non-hydrogen) atoms. The Morgan fingerprint density at radius 1 is 1.31 bits per heavy atom. The lowest BCUT2D eigenvalue weighted by Gasteiger charge is -2.05. The second kappa shape index (κ2) is 4.09. The molecule has 0 saturated heterocycles. The van der Waals surface area contributed by atoms with Crippen LogP contribution in [0.15, 0.2) is 24.5 Å². The number of halogens is 2. The van der Waals surface area contributed by atoms with Crippen molar-refractivity contribution in [3.05, 3.63) is 41.7 Å².